The number of hydrogen-bond acceptors (Lipinski definition) is 6. The van der Waals surface area contributed by atoms with Crippen LogP contribution in [-0.4, -0.2) is 50.8 Å². The average Bonchev–Trinajstić information content (AvgIpc) is 3.33. The molecule has 1 fully saturated rings. The summed E-state index contributed by atoms with van der Waals surface area (Å²) in [5.41, 5.74) is 0.592. The van der Waals surface area contributed by atoms with Crippen molar-refractivity contribution in [2.75, 3.05) is 32.6 Å². The van der Waals surface area contributed by atoms with Gasteiger partial charge in [0, 0.05) is 25.7 Å². The summed E-state index contributed by atoms with van der Waals surface area (Å²) >= 11 is 0. The van der Waals surface area contributed by atoms with Crippen LogP contribution in [0, 0.1) is 5.82 Å². The highest BCUT2D eigenvalue weighted by Crippen LogP contribution is 2.33. The summed E-state index contributed by atoms with van der Waals surface area (Å²) in [7, 11) is 4.77. The van der Waals surface area contributed by atoms with Gasteiger partial charge in [-0.2, -0.15) is 0 Å². The molecule has 0 spiro atoms. The molecule has 8 nitrogen and oxygen atoms in total. The molecule has 3 rings (SSSR count). The van der Waals surface area contributed by atoms with E-state index in [1.807, 2.05) is 0 Å². The fourth-order valence-corrected chi connectivity index (χ4v) is 2.55. The molecule has 2 aromatic rings. The van der Waals surface area contributed by atoms with Crippen LogP contribution in [0.4, 0.5) is 10.2 Å². The standard InChI is InChI=1S/C18H21FN4O4/c1-23(2)17-15(18(25)20-9-14(24)21-11-5-6-11)16(27-22-17)10-4-7-12(19)13(8-10)26-3/h4,7-8,11H,5-6,9H2,1-3H3,(H,20,25)(H,21,24). The van der Waals surface area contributed by atoms with Crippen LogP contribution in [0.1, 0.15) is 23.2 Å². The quantitative estimate of drug-likeness (QED) is 0.761. The molecule has 2 amide bonds. The number of aromatic nitrogens is 1. The molecule has 0 unspecified atom stereocenters. The minimum Gasteiger partial charge on any atom is -0.494 e. The van der Waals surface area contributed by atoms with Crippen LogP contribution in [0.25, 0.3) is 11.3 Å². The van der Waals surface area contributed by atoms with Gasteiger partial charge < -0.3 is 24.8 Å². The number of ether oxygens (including phenoxy) is 1. The van der Waals surface area contributed by atoms with Crippen LogP contribution in [0.3, 0.4) is 0 Å². The van der Waals surface area contributed by atoms with Crippen LogP contribution < -0.4 is 20.3 Å². The van der Waals surface area contributed by atoms with Crippen LogP contribution in [-0.2, 0) is 4.79 Å². The normalized spacial score (nSPS) is 13.2. The van der Waals surface area contributed by atoms with E-state index in [0.29, 0.717) is 11.4 Å². The van der Waals surface area contributed by atoms with Crippen molar-refractivity contribution in [1.29, 1.82) is 0 Å². The van der Waals surface area contributed by atoms with Crippen molar-refractivity contribution >= 4 is 17.6 Å². The van der Waals surface area contributed by atoms with Gasteiger partial charge in [0.15, 0.2) is 23.1 Å². The third-order valence-electron chi connectivity index (χ3n) is 4.09. The second kappa shape index (κ2) is 7.65. The maximum absolute atomic E-state index is 13.7. The first kappa shape index (κ1) is 18.7. The first-order valence-corrected chi connectivity index (χ1v) is 8.49. The maximum atomic E-state index is 13.7. The molecule has 144 valence electrons. The van der Waals surface area contributed by atoms with Crippen molar-refractivity contribution in [3.8, 4) is 17.1 Å². The SMILES string of the molecule is COc1cc(-c2onc(N(C)C)c2C(=O)NCC(=O)NC2CC2)ccc1F. The van der Waals surface area contributed by atoms with Crippen molar-refractivity contribution in [2.24, 2.45) is 0 Å². The van der Waals surface area contributed by atoms with Gasteiger partial charge >= 0.3 is 0 Å². The summed E-state index contributed by atoms with van der Waals surface area (Å²) in [5, 5.41) is 9.31. The third-order valence-corrected chi connectivity index (χ3v) is 4.09. The van der Waals surface area contributed by atoms with Crippen LogP contribution in [0.15, 0.2) is 22.7 Å². The first-order chi connectivity index (χ1) is 12.9. The Morgan fingerprint density at radius 3 is 2.74 bits per heavy atom. The zero-order valence-corrected chi connectivity index (χ0v) is 15.3. The highest BCUT2D eigenvalue weighted by atomic mass is 19.1. The van der Waals surface area contributed by atoms with Gasteiger partial charge in [-0.05, 0) is 31.0 Å². The van der Waals surface area contributed by atoms with E-state index in [4.69, 9.17) is 9.26 Å². The topological polar surface area (TPSA) is 96.7 Å². The number of carbonyl (C=O) groups is 2. The number of carbonyl (C=O) groups excluding carboxylic acids is 2. The summed E-state index contributed by atoms with van der Waals surface area (Å²) in [6.45, 7) is -0.153. The number of hydrogen-bond donors (Lipinski definition) is 2. The molecular weight excluding hydrogens is 355 g/mol. The van der Waals surface area contributed by atoms with E-state index in [0.717, 1.165) is 12.8 Å². The molecule has 1 aliphatic rings. The van der Waals surface area contributed by atoms with E-state index >= 15 is 0 Å². The monoisotopic (exact) mass is 376 g/mol. The Hall–Kier alpha value is -3.10. The Morgan fingerprint density at radius 2 is 2.11 bits per heavy atom. The maximum Gasteiger partial charge on any atom is 0.259 e. The number of anilines is 1. The van der Waals surface area contributed by atoms with E-state index in [9.17, 15) is 14.0 Å². The predicted octanol–water partition coefficient (Wildman–Crippen LogP) is 1.56. The zero-order chi connectivity index (χ0) is 19.6. The number of nitrogens with zero attached hydrogens (tertiary/aromatic N) is 2. The lowest BCUT2D eigenvalue weighted by Gasteiger charge is -2.11. The summed E-state index contributed by atoms with van der Waals surface area (Å²) in [5.74, 6) is -0.810. The molecule has 27 heavy (non-hydrogen) atoms. The molecule has 1 aromatic carbocycles. The highest BCUT2D eigenvalue weighted by Gasteiger charge is 2.27. The fraction of sp³-hybridized carbons (Fsp3) is 0.389. The molecule has 1 aromatic heterocycles. The second-order valence-corrected chi connectivity index (χ2v) is 6.48. The van der Waals surface area contributed by atoms with E-state index in [1.165, 1.54) is 25.3 Å². The van der Waals surface area contributed by atoms with Gasteiger partial charge in [0.25, 0.3) is 5.91 Å². The molecule has 0 atom stereocenters. The number of nitrogens with one attached hydrogen (secondary N) is 2. The summed E-state index contributed by atoms with van der Waals surface area (Å²) in [6.07, 6.45) is 1.93. The Kier molecular flexibility index (Phi) is 5.29. The zero-order valence-electron chi connectivity index (χ0n) is 15.3. The van der Waals surface area contributed by atoms with Crippen molar-refractivity contribution in [3.63, 3.8) is 0 Å². The molecule has 1 saturated carbocycles. The molecule has 0 radical (unpaired) electrons. The molecular formula is C18H21FN4O4. The summed E-state index contributed by atoms with van der Waals surface area (Å²) in [6, 6.07) is 4.32. The second-order valence-electron chi connectivity index (χ2n) is 6.48. The van der Waals surface area contributed by atoms with Gasteiger partial charge in [-0.1, -0.05) is 5.16 Å². The number of benzene rings is 1. The number of methoxy groups -OCH3 is 1. The Bertz CT molecular complexity index is 861. The largest absolute Gasteiger partial charge is 0.494 e. The lowest BCUT2D eigenvalue weighted by Crippen LogP contribution is -2.38. The molecule has 0 bridgehead atoms. The molecule has 1 aliphatic carbocycles. The van der Waals surface area contributed by atoms with Gasteiger partial charge in [-0.25, -0.2) is 4.39 Å². The van der Waals surface area contributed by atoms with E-state index in [-0.39, 0.29) is 35.6 Å². The third kappa shape index (κ3) is 4.18. The Balaban J connectivity index is 1.87. The highest BCUT2D eigenvalue weighted by molar-refractivity contribution is 6.05. The van der Waals surface area contributed by atoms with E-state index in [2.05, 4.69) is 15.8 Å². The Morgan fingerprint density at radius 1 is 1.37 bits per heavy atom. The van der Waals surface area contributed by atoms with Gasteiger partial charge in [-0.15, -0.1) is 0 Å². The van der Waals surface area contributed by atoms with Gasteiger partial charge in [0.2, 0.25) is 5.91 Å². The molecule has 9 heteroatoms. The lowest BCUT2D eigenvalue weighted by molar-refractivity contribution is -0.120. The predicted molar refractivity (Wildman–Crippen MR) is 96.3 cm³/mol. The van der Waals surface area contributed by atoms with Crippen LogP contribution in [0.5, 0.6) is 5.75 Å². The number of rotatable bonds is 7. The van der Waals surface area contributed by atoms with Crippen molar-refractivity contribution in [3.05, 3.63) is 29.6 Å². The molecule has 0 aliphatic heterocycles. The van der Waals surface area contributed by atoms with Crippen LogP contribution in [0.2, 0.25) is 0 Å². The fourth-order valence-electron chi connectivity index (χ4n) is 2.55. The van der Waals surface area contributed by atoms with Crippen LogP contribution >= 0.6 is 0 Å². The molecule has 1 heterocycles. The first-order valence-electron chi connectivity index (χ1n) is 8.49. The van der Waals surface area contributed by atoms with E-state index in [1.54, 1.807) is 19.0 Å². The average molecular weight is 376 g/mol. The van der Waals surface area contributed by atoms with Crippen molar-refractivity contribution < 1.29 is 23.2 Å². The van der Waals surface area contributed by atoms with Crippen molar-refractivity contribution in [1.82, 2.24) is 15.8 Å². The van der Waals surface area contributed by atoms with Crippen molar-refractivity contribution in [2.45, 2.75) is 18.9 Å². The minimum absolute atomic E-state index is 0.0190. The smallest absolute Gasteiger partial charge is 0.259 e. The lowest BCUT2D eigenvalue weighted by atomic mass is 10.1. The van der Waals surface area contributed by atoms with Gasteiger partial charge in [-0.3, -0.25) is 9.59 Å². The number of halogens is 1. The van der Waals surface area contributed by atoms with Gasteiger partial charge in [0.1, 0.15) is 5.56 Å². The summed E-state index contributed by atoms with van der Waals surface area (Å²) < 4.78 is 24.0. The molecule has 2 N–H and O–H groups in total. The summed E-state index contributed by atoms with van der Waals surface area (Å²) in [4.78, 5) is 26.2. The number of amides is 2. The van der Waals surface area contributed by atoms with E-state index < -0.39 is 11.7 Å². The minimum atomic E-state index is -0.531. The molecule has 0 saturated heterocycles. The Labute approximate surface area is 155 Å². The van der Waals surface area contributed by atoms with Gasteiger partial charge in [0.05, 0.1) is 13.7 Å².